The Kier molecular flexibility index (Phi) is 8.77. The van der Waals surface area contributed by atoms with E-state index in [1.54, 1.807) is 0 Å². The van der Waals surface area contributed by atoms with Crippen LogP contribution in [0.25, 0.3) is 11.1 Å². The van der Waals surface area contributed by atoms with E-state index in [-0.39, 0.29) is 17.3 Å². The number of rotatable bonds is 5. The van der Waals surface area contributed by atoms with Gasteiger partial charge in [0.2, 0.25) is 17.8 Å². The number of hydrogen-bond donors (Lipinski definition) is 2. The molecule has 5 rings (SSSR count). The number of alkyl halides is 3. The van der Waals surface area contributed by atoms with E-state index < -0.39 is 59.8 Å². The van der Waals surface area contributed by atoms with Crippen LogP contribution >= 0.6 is 0 Å². The standard InChI is InChI=1S/C31H41F4N7O3/c1-18-15-41(8-7-40(18)6)25-11-23(32)20(9-24(25)39-27(44)21-14-36-26(43)10-22(21)31(33,34)35)19-12-37-28(38-13-19)42-16-29(2,3)45-30(4,5)17-42/h9,11-13,18,21-22H,7-8,10,14-17H2,1-6H3,(H,36,43)(H,39,44)/t18-,21?,22?/m0/s1. The van der Waals surface area contributed by atoms with Crippen LogP contribution in [0.2, 0.25) is 0 Å². The number of benzene rings is 1. The van der Waals surface area contributed by atoms with Gasteiger partial charge in [-0.1, -0.05) is 0 Å². The fourth-order valence-corrected chi connectivity index (χ4v) is 6.59. The number of likely N-dealkylation sites (N-methyl/N-ethyl adjacent to an activating group) is 1. The molecule has 3 atom stereocenters. The first-order valence-corrected chi connectivity index (χ1v) is 15.1. The summed E-state index contributed by atoms with van der Waals surface area (Å²) in [5, 5.41) is 5.04. The van der Waals surface area contributed by atoms with Gasteiger partial charge in [0.1, 0.15) is 5.82 Å². The third kappa shape index (κ3) is 7.32. The van der Waals surface area contributed by atoms with Crippen molar-refractivity contribution in [3.8, 4) is 11.1 Å². The van der Waals surface area contributed by atoms with Gasteiger partial charge in [-0.15, -0.1) is 0 Å². The lowest BCUT2D eigenvalue weighted by Crippen LogP contribution is -2.57. The van der Waals surface area contributed by atoms with E-state index >= 15 is 4.39 Å². The van der Waals surface area contributed by atoms with E-state index in [9.17, 15) is 22.8 Å². The molecule has 2 unspecified atom stereocenters. The Balaban J connectivity index is 1.48. The molecule has 0 spiro atoms. The molecule has 0 saturated carbocycles. The zero-order valence-electron chi connectivity index (χ0n) is 26.5. The Hall–Kier alpha value is -3.52. The highest BCUT2D eigenvalue weighted by atomic mass is 19.4. The number of nitrogens with zero attached hydrogens (tertiary/aromatic N) is 5. The summed E-state index contributed by atoms with van der Waals surface area (Å²) in [7, 11) is 1.98. The van der Waals surface area contributed by atoms with Crippen molar-refractivity contribution in [2.24, 2.45) is 11.8 Å². The number of carbonyl (C=O) groups excluding carboxylic acids is 2. The van der Waals surface area contributed by atoms with Gasteiger partial charge in [-0.3, -0.25) is 9.59 Å². The molecule has 1 aromatic carbocycles. The minimum atomic E-state index is -4.74. The molecule has 0 bridgehead atoms. The zero-order valence-corrected chi connectivity index (χ0v) is 26.5. The zero-order chi connectivity index (χ0) is 32.9. The second-order valence-corrected chi connectivity index (χ2v) is 13.6. The summed E-state index contributed by atoms with van der Waals surface area (Å²) in [6, 6.07) is 2.84. The molecular weight excluding hydrogens is 594 g/mol. The molecule has 45 heavy (non-hydrogen) atoms. The fraction of sp³-hybridized carbons (Fsp3) is 0.613. The summed E-state index contributed by atoms with van der Waals surface area (Å²) >= 11 is 0. The minimum absolute atomic E-state index is 0.0923. The van der Waals surface area contributed by atoms with Crippen LogP contribution in [-0.4, -0.2) is 96.4 Å². The summed E-state index contributed by atoms with van der Waals surface area (Å²) in [5.41, 5.74) is 0.0946. The maximum absolute atomic E-state index is 15.8. The largest absolute Gasteiger partial charge is 0.393 e. The molecule has 14 heteroatoms. The molecule has 0 aliphatic carbocycles. The molecule has 2 amide bonds. The van der Waals surface area contributed by atoms with Crippen molar-refractivity contribution in [2.75, 3.05) is 61.4 Å². The summed E-state index contributed by atoms with van der Waals surface area (Å²) < 4.78 is 63.5. The van der Waals surface area contributed by atoms with Crippen LogP contribution in [0.4, 0.5) is 34.9 Å². The molecule has 3 aliphatic heterocycles. The average Bonchev–Trinajstić information content (AvgIpc) is 2.93. The molecule has 246 valence electrons. The highest BCUT2D eigenvalue weighted by Crippen LogP contribution is 2.39. The van der Waals surface area contributed by atoms with Crippen molar-refractivity contribution in [3.05, 3.63) is 30.3 Å². The molecule has 1 aromatic heterocycles. The molecule has 2 N–H and O–H groups in total. The number of amides is 2. The van der Waals surface area contributed by atoms with E-state index in [2.05, 4.69) is 25.5 Å². The third-order valence-electron chi connectivity index (χ3n) is 8.74. The Labute approximate surface area is 260 Å². The van der Waals surface area contributed by atoms with Crippen LogP contribution in [0.1, 0.15) is 41.0 Å². The number of morpholine rings is 1. The fourth-order valence-electron chi connectivity index (χ4n) is 6.59. The molecule has 10 nitrogen and oxygen atoms in total. The van der Waals surface area contributed by atoms with Gasteiger partial charge in [-0.25, -0.2) is 14.4 Å². The summed E-state index contributed by atoms with van der Waals surface area (Å²) in [4.78, 5) is 40.3. The van der Waals surface area contributed by atoms with Crippen LogP contribution in [0, 0.1) is 17.7 Å². The molecule has 2 aromatic rings. The van der Waals surface area contributed by atoms with Gasteiger partial charge in [-0.2, -0.15) is 13.2 Å². The van der Waals surface area contributed by atoms with E-state index in [4.69, 9.17) is 4.74 Å². The lowest BCUT2D eigenvalue weighted by atomic mass is 9.84. The maximum atomic E-state index is 15.8. The molecule has 3 aliphatic rings. The first-order valence-electron chi connectivity index (χ1n) is 15.1. The first kappa shape index (κ1) is 32.9. The molecule has 3 fully saturated rings. The van der Waals surface area contributed by atoms with Gasteiger partial charge < -0.3 is 30.1 Å². The predicted molar refractivity (Wildman–Crippen MR) is 162 cm³/mol. The monoisotopic (exact) mass is 635 g/mol. The number of piperazine rings is 1. The van der Waals surface area contributed by atoms with Gasteiger partial charge in [0.25, 0.3) is 0 Å². The van der Waals surface area contributed by atoms with E-state index in [0.29, 0.717) is 49.9 Å². The maximum Gasteiger partial charge on any atom is 0.393 e. The van der Waals surface area contributed by atoms with Crippen molar-refractivity contribution in [1.29, 1.82) is 0 Å². The van der Waals surface area contributed by atoms with Crippen LogP contribution in [0.15, 0.2) is 24.5 Å². The summed E-state index contributed by atoms with van der Waals surface area (Å²) in [6.07, 6.45) is -2.58. The number of nitrogens with one attached hydrogen (secondary N) is 2. The molecule has 0 radical (unpaired) electrons. The normalized spacial score (nSPS) is 25.6. The quantitative estimate of drug-likeness (QED) is 0.475. The SMILES string of the molecule is C[C@H]1CN(c2cc(F)c(-c3cnc(N4CC(C)(C)OC(C)(C)C4)nc3)cc2NC(=O)C2CNC(=O)CC2C(F)(F)F)CCN1C. The van der Waals surface area contributed by atoms with Crippen molar-refractivity contribution in [2.45, 2.75) is 64.5 Å². The number of piperidine rings is 1. The van der Waals surface area contributed by atoms with E-state index in [1.807, 2.05) is 51.5 Å². The lowest BCUT2D eigenvalue weighted by molar-refractivity contribution is -0.197. The van der Waals surface area contributed by atoms with Gasteiger partial charge in [0.15, 0.2) is 0 Å². The van der Waals surface area contributed by atoms with Crippen molar-refractivity contribution in [1.82, 2.24) is 20.2 Å². The van der Waals surface area contributed by atoms with Crippen LogP contribution in [0.5, 0.6) is 0 Å². The third-order valence-corrected chi connectivity index (χ3v) is 8.74. The number of hydrogen-bond acceptors (Lipinski definition) is 8. The highest BCUT2D eigenvalue weighted by Gasteiger charge is 2.50. The molecular formula is C31H41F4N7O3. The van der Waals surface area contributed by atoms with E-state index in [1.165, 1.54) is 24.5 Å². The van der Waals surface area contributed by atoms with Gasteiger partial charge in [0, 0.05) is 75.3 Å². The number of halogens is 4. The Morgan fingerprint density at radius 1 is 1.07 bits per heavy atom. The highest BCUT2D eigenvalue weighted by molar-refractivity contribution is 5.98. The van der Waals surface area contributed by atoms with Crippen LogP contribution in [-0.2, 0) is 14.3 Å². The van der Waals surface area contributed by atoms with Crippen molar-refractivity contribution < 1.29 is 31.9 Å². The van der Waals surface area contributed by atoms with E-state index in [0.717, 1.165) is 0 Å². The topological polar surface area (TPSA) is 103 Å². The minimum Gasteiger partial charge on any atom is -0.367 e. The molecule has 3 saturated heterocycles. The first-order chi connectivity index (χ1) is 20.9. The number of aromatic nitrogens is 2. The number of anilines is 3. The van der Waals surface area contributed by atoms with Gasteiger partial charge in [0.05, 0.1) is 34.4 Å². The van der Waals surface area contributed by atoms with Gasteiger partial charge in [-0.05, 0) is 53.8 Å². The van der Waals surface area contributed by atoms with Crippen molar-refractivity contribution >= 4 is 29.1 Å². The van der Waals surface area contributed by atoms with Crippen LogP contribution < -0.4 is 20.4 Å². The lowest BCUT2D eigenvalue weighted by Gasteiger charge is -2.47. The second kappa shape index (κ2) is 12.0. The number of ether oxygens (including phenoxy) is 1. The van der Waals surface area contributed by atoms with Crippen molar-refractivity contribution in [3.63, 3.8) is 0 Å². The Bertz CT molecular complexity index is 1420. The predicted octanol–water partition coefficient (Wildman–Crippen LogP) is 4.07. The summed E-state index contributed by atoms with van der Waals surface area (Å²) in [6.45, 7) is 12.3. The Morgan fingerprint density at radius 2 is 1.71 bits per heavy atom. The van der Waals surface area contributed by atoms with Crippen LogP contribution in [0.3, 0.4) is 0 Å². The number of carbonyl (C=O) groups is 2. The summed E-state index contributed by atoms with van der Waals surface area (Å²) in [5.74, 6) is -5.46. The Morgan fingerprint density at radius 3 is 2.31 bits per heavy atom. The molecule has 4 heterocycles. The second-order valence-electron chi connectivity index (χ2n) is 13.6. The smallest absolute Gasteiger partial charge is 0.367 e. The average molecular weight is 636 g/mol. The van der Waals surface area contributed by atoms with Gasteiger partial charge >= 0.3 is 6.18 Å².